The molecule has 2 saturated carbocycles. The summed E-state index contributed by atoms with van der Waals surface area (Å²) in [6, 6.07) is 23.1. The van der Waals surface area contributed by atoms with Gasteiger partial charge in [0.1, 0.15) is 0 Å². The maximum atomic E-state index is 13.7. The molecule has 46 heavy (non-hydrogen) atoms. The maximum absolute atomic E-state index is 13.7. The second kappa shape index (κ2) is 15.6. The zero-order valence-electron chi connectivity index (χ0n) is 26.4. The number of anilines is 2. The minimum absolute atomic E-state index is 0.0159. The molecule has 0 aromatic heterocycles. The van der Waals surface area contributed by atoms with E-state index in [0.717, 1.165) is 56.2 Å². The lowest BCUT2D eigenvalue weighted by atomic mass is 9.82. The summed E-state index contributed by atoms with van der Waals surface area (Å²) in [4.78, 5) is 29.0. The van der Waals surface area contributed by atoms with Gasteiger partial charge < -0.3 is 20.0 Å². The van der Waals surface area contributed by atoms with Gasteiger partial charge in [0.2, 0.25) is 5.91 Å². The van der Waals surface area contributed by atoms with E-state index in [-0.39, 0.29) is 23.1 Å². The van der Waals surface area contributed by atoms with Crippen LogP contribution in [0, 0.1) is 5.92 Å². The average molecular weight is 648 g/mol. The number of nitrogens with one attached hydrogen (secondary N) is 2. The maximum Gasteiger partial charge on any atom is 0.264 e. The Bertz CT molecular complexity index is 1560. The fraction of sp³-hybridized carbons (Fsp3) is 0.429. The number of hydrogen-bond donors (Lipinski definition) is 3. The summed E-state index contributed by atoms with van der Waals surface area (Å²) in [6.07, 6.45) is 6.90. The van der Waals surface area contributed by atoms with E-state index in [1.54, 1.807) is 35.3 Å². The van der Waals surface area contributed by atoms with Gasteiger partial charge in [-0.25, -0.2) is 19.0 Å². The van der Waals surface area contributed by atoms with E-state index in [9.17, 15) is 18.0 Å². The third-order valence-corrected chi connectivity index (χ3v) is 10.2. The Balaban J connectivity index is 1.29. The van der Waals surface area contributed by atoms with Gasteiger partial charge in [0.05, 0.1) is 36.0 Å². The molecule has 0 aliphatic heterocycles. The summed E-state index contributed by atoms with van der Waals surface area (Å²) in [5.41, 5.74) is 3.14. The number of carbonyl (C=O) groups is 2. The lowest BCUT2D eigenvalue weighted by Gasteiger charge is -2.31. The van der Waals surface area contributed by atoms with Crippen LogP contribution in [0.25, 0.3) is 0 Å². The van der Waals surface area contributed by atoms with E-state index in [0.29, 0.717) is 37.1 Å². The smallest absolute Gasteiger partial charge is 0.264 e. The van der Waals surface area contributed by atoms with Crippen LogP contribution in [-0.4, -0.2) is 52.5 Å². The molecule has 3 aromatic carbocycles. The first-order valence-corrected chi connectivity index (χ1v) is 17.6. The molecular weight excluding hydrogens is 602 g/mol. The van der Waals surface area contributed by atoms with Crippen molar-refractivity contribution in [2.75, 3.05) is 30.1 Å². The Hall–Kier alpha value is -3.93. The number of nitrogens with zero attached hydrogens (tertiary/aromatic N) is 2. The molecule has 4 N–H and O–H groups in total. The van der Waals surface area contributed by atoms with Crippen LogP contribution in [0.15, 0.2) is 83.8 Å². The van der Waals surface area contributed by atoms with E-state index < -0.39 is 22.0 Å². The number of hydrazine groups is 1. The second-order valence-electron chi connectivity index (χ2n) is 12.3. The molecular formula is C35H45N5O5S. The summed E-state index contributed by atoms with van der Waals surface area (Å²) in [6.45, 7) is 1.30. The minimum atomic E-state index is -4.02. The lowest BCUT2D eigenvalue weighted by molar-refractivity contribution is -0.120. The highest BCUT2D eigenvalue weighted by atomic mass is 32.2. The van der Waals surface area contributed by atoms with Gasteiger partial charge in [0.15, 0.2) is 0 Å². The van der Waals surface area contributed by atoms with E-state index in [1.807, 2.05) is 43.4 Å². The van der Waals surface area contributed by atoms with Gasteiger partial charge in [-0.05, 0) is 67.5 Å². The van der Waals surface area contributed by atoms with Crippen LogP contribution >= 0.6 is 0 Å². The zero-order chi connectivity index (χ0) is 32.5. The molecule has 2 aliphatic rings. The molecule has 5 rings (SSSR count). The lowest BCUT2D eigenvalue weighted by Crippen LogP contribution is -2.45. The largest absolute Gasteiger partial charge is 0.375 e. The van der Waals surface area contributed by atoms with Gasteiger partial charge in [-0.1, -0.05) is 67.8 Å². The van der Waals surface area contributed by atoms with Crippen molar-refractivity contribution in [2.24, 2.45) is 11.8 Å². The van der Waals surface area contributed by atoms with Crippen molar-refractivity contribution in [3.63, 3.8) is 0 Å². The Morgan fingerprint density at radius 2 is 1.59 bits per heavy atom. The Kier molecular flexibility index (Phi) is 11.3. The number of amides is 2. The Morgan fingerprint density at radius 1 is 0.913 bits per heavy atom. The monoisotopic (exact) mass is 647 g/mol. The fourth-order valence-electron chi connectivity index (χ4n) is 6.07. The topological polar surface area (TPSA) is 134 Å². The molecule has 0 radical (unpaired) electrons. The third-order valence-electron chi connectivity index (χ3n) is 8.85. The zero-order valence-corrected chi connectivity index (χ0v) is 27.3. The van der Waals surface area contributed by atoms with Crippen LogP contribution in [0.2, 0.25) is 0 Å². The molecule has 2 aliphatic carbocycles. The van der Waals surface area contributed by atoms with Crippen LogP contribution in [-0.2, 0) is 26.2 Å². The molecule has 0 heterocycles. The first kappa shape index (κ1) is 33.4. The van der Waals surface area contributed by atoms with Crippen molar-refractivity contribution in [3.8, 4) is 0 Å². The molecule has 1 atom stereocenters. The summed E-state index contributed by atoms with van der Waals surface area (Å²) in [5.74, 6) is 5.67. The molecule has 0 saturated heterocycles. The average Bonchev–Trinajstić information content (AvgIpc) is 3.93. The molecule has 1 unspecified atom stereocenters. The second-order valence-corrected chi connectivity index (χ2v) is 14.0. The molecule has 246 valence electrons. The molecule has 0 spiro atoms. The quantitative estimate of drug-likeness (QED) is 0.122. The van der Waals surface area contributed by atoms with Gasteiger partial charge in [-0.2, -0.15) is 0 Å². The van der Waals surface area contributed by atoms with Crippen molar-refractivity contribution < 1.29 is 22.7 Å². The molecule has 2 amide bonds. The van der Waals surface area contributed by atoms with Crippen LogP contribution < -0.4 is 25.8 Å². The van der Waals surface area contributed by atoms with Crippen molar-refractivity contribution >= 4 is 33.2 Å². The Labute approximate surface area is 272 Å². The van der Waals surface area contributed by atoms with Gasteiger partial charge in [-0.15, -0.1) is 0 Å². The first-order valence-electron chi connectivity index (χ1n) is 16.1. The Morgan fingerprint density at radius 3 is 2.26 bits per heavy atom. The summed E-state index contributed by atoms with van der Waals surface area (Å²) < 4.78 is 33.7. The van der Waals surface area contributed by atoms with E-state index in [2.05, 4.69) is 14.9 Å². The summed E-state index contributed by atoms with van der Waals surface area (Å²) in [7, 11) is -1.98. The van der Waals surface area contributed by atoms with Crippen LogP contribution in [0.4, 0.5) is 11.4 Å². The number of rotatable bonds is 15. The molecule has 0 bridgehead atoms. The van der Waals surface area contributed by atoms with Crippen molar-refractivity contribution in [1.29, 1.82) is 0 Å². The number of hydrogen-bond acceptors (Lipinski definition) is 8. The third kappa shape index (κ3) is 9.08. The molecule has 10 nitrogen and oxygen atoms in total. The van der Waals surface area contributed by atoms with E-state index in [1.165, 1.54) is 12.1 Å². The van der Waals surface area contributed by atoms with E-state index in [4.69, 9.17) is 10.6 Å². The predicted octanol–water partition coefficient (Wildman–Crippen LogP) is 4.76. The highest BCUT2D eigenvalue weighted by Crippen LogP contribution is 2.36. The fourth-order valence-corrected chi connectivity index (χ4v) is 7.09. The molecule has 11 heteroatoms. The van der Waals surface area contributed by atoms with Crippen LogP contribution in [0.1, 0.15) is 67.3 Å². The van der Waals surface area contributed by atoms with Crippen molar-refractivity contribution in [1.82, 2.24) is 10.0 Å². The van der Waals surface area contributed by atoms with Crippen LogP contribution in [0.3, 0.4) is 0 Å². The standard InChI is InChI=1S/C35H45N5O5S/c1-39(29-18-19-29)32-20-17-28(23-33(32)40(36)21-22-45-25-26-11-5-2-6-12-26)35(42)37-31(27-13-7-3-8-14-27)24-34(41)38-46(43,44)30-15-9-4-10-16-30/h2,4-6,9-12,15-17,20,23,27,29,31H,3,7-8,13-14,18-19,21-22,24-25,36H2,1H3,(H,37,42)(H,38,41). The number of benzene rings is 3. The van der Waals surface area contributed by atoms with Crippen molar-refractivity contribution in [2.45, 2.75) is 75.0 Å². The van der Waals surface area contributed by atoms with Crippen molar-refractivity contribution in [3.05, 3.63) is 90.0 Å². The highest BCUT2D eigenvalue weighted by Gasteiger charge is 2.31. The van der Waals surface area contributed by atoms with E-state index >= 15 is 0 Å². The van der Waals surface area contributed by atoms with Gasteiger partial charge in [-0.3, -0.25) is 9.59 Å². The SMILES string of the molecule is CN(c1ccc(C(=O)NC(CC(=O)NS(=O)(=O)c2ccccc2)C2CCCCC2)cc1N(N)CCOCc1ccccc1)C1CC1. The normalized spacial score (nSPS) is 16.0. The summed E-state index contributed by atoms with van der Waals surface area (Å²) in [5, 5.41) is 4.71. The number of nitrogens with two attached hydrogens (primary N) is 1. The van der Waals surface area contributed by atoms with Crippen LogP contribution in [0.5, 0.6) is 0 Å². The minimum Gasteiger partial charge on any atom is -0.375 e. The molecule has 3 aromatic rings. The highest BCUT2D eigenvalue weighted by molar-refractivity contribution is 7.90. The van der Waals surface area contributed by atoms with Gasteiger partial charge >= 0.3 is 0 Å². The van der Waals surface area contributed by atoms with Gasteiger partial charge in [0, 0.05) is 31.1 Å². The summed E-state index contributed by atoms with van der Waals surface area (Å²) >= 11 is 0. The number of ether oxygens (including phenoxy) is 1. The number of carbonyl (C=O) groups excluding carboxylic acids is 2. The number of sulfonamides is 1. The first-order chi connectivity index (χ1) is 22.2. The van der Waals surface area contributed by atoms with Gasteiger partial charge in [0.25, 0.3) is 15.9 Å². The molecule has 2 fully saturated rings. The predicted molar refractivity (Wildman–Crippen MR) is 180 cm³/mol.